The summed E-state index contributed by atoms with van der Waals surface area (Å²) < 4.78 is 5.18. The zero-order valence-electron chi connectivity index (χ0n) is 9.95. The molecule has 0 bridgehead atoms. The van der Waals surface area contributed by atoms with E-state index in [2.05, 4.69) is 10.6 Å². The van der Waals surface area contributed by atoms with Gasteiger partial charge in [0.15, 0.2) is 0 Å². The van der Waals surface area contributed by atoms with Gasteiger partial charge in [-0.25, -0.2) is 0 Å². The van der Waals surface area contributed by atoms with Crippen molar-refractivity contribution in [3.63, 3.8) is 0 Å². The summed E-state index contributed by atoms with van der Waals surface area (Å²) in [6.07, 6.45) is 0. The van der Waals surface area contributed by atoms with Crippen LogP contribution in [-0.2, 0) is 4.79 Å². The Morgan fingerprint density at radius 2 is 2.41 bits per heavy atom. The summed E-state index contributed by atoms with van der Waals surface area (Å²) >= 11 is 1.74. The first kappa shape index (κ1) is 12.3. The molecule has 1 aliphatic heterocycles. The lowest BCUT2D eigenvalue weighted by molar-refractivity contribution is -0.117. The molecule has 2 N–H and O–H groups in total. The van der Waals surface area contributed by atoms with Crippen molar-refractivity contribution in [1.82, 2.24) is 5.32 Å². The fraction of sp³-hybridized carbons (Fsp3) is 0.417. The van der Waals surface area contributed by atoms with Gasteiger partial charge in [-0.05, 0) is 30.7 Å². The number of ether oxygens (including phenoxy) is 1. The van der Waals surface area contributed by atoms with Crippen molar-refractivity contribution in [3.8, 4) is 5.75 Å². The minimum Gasteiger partial charge on any atom is -0.496 e. The predicted octanol–water partition coefficient (Wildman–Crippen LogP) is 1.60. The summed E-state index contributed by atoms with van der Waals surface area (Å²) in [6.45, 7) is 1.96. The molecule has 1 unspecified atom stereocenters. The molecule has 0 aliphatic carbocycles. The number of rotatable bonds is 3. The fourth-order valence-electron chi connectivity index (χ4n) is 1.75. The molecule has 92 valence electrons. The molecule has 1 aliphatic rings. The Balaban J connectivity index is 2.03. The lowest BCUT2D eigenvalue weighted by Crippen LogP contribution is -2.37. The molecule has 1 heterocycles. The molecule has 1 amide bonds. The molecule has 5 heteroatoms. The summed E-state index contributed by atoms with van der Waals surface area (Å²) in [5.41, 5.74) is 1.83. The molecule has 1 atom stereocenters. The highest BCUT2D eigenvalue weighted by Crippen LogP contribution is 2.21. The number of hydrogen-bond donors (Lipinski definition) is 2. The molecule has 0 spiro atoms. The highest BCUT2D eigenvalue weighted by atomic mass is 32.2. The number of amides is 1. The third-order valence-electron chi connectivity index (χ3n) is 2.70. The summed E-state index contributed by atoms with van der Waals surface area (Å²) in [4.78, 5) is 11.9. The first-order valence-corrected chi connectivity index (χ1v) is 6.63. The van der Waals surface area contributed by atoms with Crippen molar-refractivity contribution in [1.29, 1.82) is 0 Å². The van der Waals surface area contributed by atoms with Gasteiger partial charge in [0.2, 0.25) is 5.91 Å². The first-order valence-electron chi connectivity index (χ1n) is 5.47. The number of aryl methyl sites for hydroxylation is 1. The lowest BCUT2D eigenvalue weighted by Gasteiger charge is -2.12. The van der Waals surface area contributed by atoms with Gasteiger partial charge in [-0.15, -0.1) is 11.8 Å². The van der Waals surface area contributed by atoms with Crippen molar-refractivity contribution in [3.05, 3.63) is 23.8 Å². The van der Waals surface area contributed by atoms with Gasteiger partial charge in [0.1, 0.15) is 5.75 Å². The Morgan fingerprint density at radius 3 is 3.00 bits per heavy atom. The Bertz CT molecular complexity index is 417. The van der Waals surface area contributed by atoms with Crippen LogP contribution in [0.25, 0.3) is 0 Å². The van der Waals surface area contributed by atoms with Crippen molar-refractivity contribution in [2.45, 2.75) is 13.0 Å². The van der Waals surface area contributed by atoms with E-state index in [-0.39, 0.29) is 11.9 Å². The molecule has 0 saturated carbocycles. The van der Waals surface area contributed by atoms with E-state index in [1.54, 1.807) is 18.9 Å². The number of nitrogens with one attached hydrogen (secondary N) is 2. The number of methoxy groups -OCH3 is 1. The molecule has 1 fully saturated rings. The highest BCUT2D eigenvalue weighted by molar-refractivity contribution is 7.99. The molecule has 2 rings (SSSR count). The summed E-state index contributed by atoms with van der Waals surface area (Å²) in [7, 11) is 1.64. The van der Waals surface area contributed by atoms with Crippen LogP contribution in [0.3, 0.4) is 0 Å². The third kappa shape index (κ3) is 2.92. The van der Waals surface area contributed by atoms with E-state index in [1.807, 2.05) is 25.1 Å². The topological polar surface area (TPSA) is 50.4 Å². The maximum absolute atomic E-state index is 11.9. The highest BCUT2D eigenvalue weighted by Gasteiger charge is 2.22. The number of carbonyl (C=O) groups excluding carboxylic acids is 1. The van der Waals surface area contributed by atoms with Crippen LogP contribution in [0.5, 0.6) is 5.75 Å². The van der Waals surface area contributed by atoms with Crippen LogP contribution >= 0.6 is 11.8 Å². The van der Waals surface area contributed by atoms with Crippen molar-refractivity contribution >= 4 is 23.4 Å². The van der Waals surface area contributed by atoms with Crippen LogP contribution in [0.2, 0.25) is 0 Å². The molecule has 0 radical (unpaired) electrons. The second-order valence-electron chi connectivity index (χ2n) is 3.95. The number of thioether (sulfide) groups is 1. The van der Waals surface area contributed by atoms with Gasteiger partial charge in [-0.3, -0.25) is 10.1 Å². The van der Waals surface area contributed by atoms with E-state index in [0.29, 0.717) is 0 Å². The number of hydrogen-bond acceptors (Lipinski definition) is 4. The van der Waals surface area contributed by atoms with Crippen LogP contribution in [0.15, 0.2) is 18.2 Å². The SMILES string of the molecule is COc1ccc(NC(=O)C2CSCN2)cc1C. The van der Waals surface area contributed by atoms with E-state index in [1.165, 1.54) is 0 Å². The van der Waals surface area contributed by atoms with Crippen LogP contribution in [0, 0.1) is 6.92 Å². The van der Waals surface area contributed by atoms with Gasteiger partial charge in [0, 0.05) is 17.3 Å². The largest absolute Gasteiger partial charge is 0.496 e. The number of anilines is 1. The molecule has 0 aromatic heterocycles. The second-order valence-corrected chi connectivity index (χ2v) is 4.98. The summed E-state index contributed by atoms with van der Waals surface area (Å²) in [6, 6.07) is 5.55. The van der Waals surface area contributed by atoms with Gasteiger partial charge < -0.3 is 10.1 Å². The monoisotopic (exact) mass is 252 g/mol. The maximum atomic E-state index is 11.9. The molecule has 1 aromatic rings. The first-order chi connectivity index (χ1) is 8.20. The smallest absolute Gasteiger partial charge is 0.242 e. The standard InChI is InChI=1S/C12H16N2O2S/c1-8-5-9(3-4-11(8)16-2)14-12(15)10-6-17-7-13-10/h3-5,10,13H,6-7H2,1-2H3,(H,14,15). The second kappa shape index (κ2) is 5.42. The van der Waals surface area contributed by atoms with E-state index in [9.17, 15) is 4.79 Å². The van der Waals surface area contributed by atoms with Crippen molar-refractivity contribution in [2.75, 3.05) is 24.1 Å². The van der Waals surface area contributed by atoms with E-state index < -0.39 is 0 Å². The van der Waals surface area contributed by atoms with E-state index in [4.69, 9.17) is 4.74 Å². The Hall–Kier alpha value is -1.20. The van der Waals surface area contributed by atoms with Crippen molar-refractivity contribution in [2.24, 2.45) is 0 Å². The van der Waals surface area contributed by atoms with Gasteiger partial charge in [0.05, 0.1) is 13.2 Å². The van der Waals surface area contributed by atoms with E-state index in [0.717, 1.165) is 28.6 Å². The Labute approximate surface area is 105 Å². The zero-order valence-corrected chi connectivity index (χ0v) is 10.8. The van der Waals surface area contributed by atoms with Crippen LogP contribution in [-0.4, -0.2) is 30.7 Å². The Kier molecular flexibility index (Phi) is 3.91. The molecule has 1 aromatic carbocycles. The molecule has 17 heavy (non-hydrogen) atoms. The number of carbonyl (C=O) groups is 1. The summed E-state index contributed by atoms with van der Waals surface area (Å²) in [5.74, 6) is 2.54. The van der Waals surface area contributed by atoms with Crippen LogP contribution < -0.4 is 15.4 Å². The van der Waals surface area contributed by atoms with Crippen LogP contribution in [0.1, 0.15) is 5.56 Å². The van der Waals surface area contributed by atoms with E-state index >= 15 is 0 Å². The fourth-order valence-corrected chi connectivity index (χ4v) is 2.69. The third-order valence-corrected chi connectivity index (χ3v) is 3.64. The summed E-state index contributed by atoms with van der Waals surface area (Å²) in [5, 5.41) is 6.05. The average Bonchev–Trinajstić information content (AvgIpc) is 2.82. The molecular weight excluding hydrogens is 236 g/mol. The Morgan fingerprint density at radius 1 is 1.59 bits per heavy atom. The normalized spacial score (nSPS) is 19.1. The van der Waals surface area contributed by atoms with Gasteiger partial charge in [-0.2, -0.15) is 0 Å². The lowest BCUT2D eigenvalue weighted by atomic mass is 10.2. The quantitative estimate of drug-likeness (QED) is 0.858. The van der Waals surface area contributed by atoms with Crippen molar-refractivity contribution < 1.29 is 9.53 Å². The zero-order chi connectivity index (χ0) is 12.3. The van der Waals surface area contributed by atoms with Gasteiger partial charge in [0.25, 0.3) is 0 Å². The minimum absolute atomic E-state index is 0.0274. The average molecular weight is 252 g/mol. The molecular formula is C12H16N2O2S. The number of benzene rings is 1. The predicted molar refractivity (Wildman–Crippen MR) is 70.6 cm³/mol. The molecule has 4 nitrogen and oxygen atoms in total. The molecule has 1 saturated heterocycles. The minimum atomic E-state index is -0.0811. The maximum Gasteiger partial charge on any atom is 0.242 e. The van der Waals surface area contributed by atoms with Gasteiger partial charge >= 0.3 is 0 Å². The van der Waals surface area contributed by atoms with Gasteiger partial charge in [-0.1, -0.05) is 0 Å². The van der Waals surface area contributed by atoms with Crippen LogP contribution in [0.4, 0.5) is 5.69 Å².